The number of hydrogen-bond donors (Lipinski definition) is 0. The van der Waals surface area contributed by atoms with Crippen molar-refractivity contribution in [2.24, 2.45) is 0 Å². The van der Waals surface area contributed by atoms with E-state index >= 15 is 0 Å². The molecule has 25 heavy (non-hydrogen) atoms. The van der Waals surface area contributed by atoms with Gasteiger partial charge in [-0.2, -0.15) is 0 Å². The number of amides is 1. The Balaban J connectivity index is 1.90. The monoisotopic (exact) mass is 429 g/mol. The number of benzene rings is 1. The molecule has 1 fully saturated rings. The smallest absolute Gasteiger partial charge is 0.266 e. The molecule has 1 amide bonds. The standard InChI is InChI=1S/C17H10Cl3NO2S2/c1-2-5-21-16(22)15(25-17(21)24)6-9-3-4-14(23-9)10-7-12(19)13(20)8-11(10)18/h2-4,6-8H,1,5H2/b15-6+. The lowest BCUT2D eigenvalue weighted by Crippen LogP contribution is -2.27. The average Bonchev–Trinajstić information content (AvgIpc) is 3.12. The van der Waals surface area contributed by atoms with Gasteiger partial charge in [-0.3, -0.25) is 9.69 Å². The third-order valence-corrected chi connectivity index (χ3v) is 5.77. The van der Waals surface area contributed by atoms with Gasteiger partial charge in [-0.25, -0.2) is 0 Å². The summed E-state index contributed by atoms with van der Waals surface area (Å²) in [5.74, 6) is 0.869. The molecule has 1 saturated heterocycles. The van der Waals surface area contributed by atoms with E-state index in [-0.39, 0.29) is 5.91 Å². The Kier molecular flexibility index (Phi) is 5.61. The van der Waals surface area contributed by atoms with Crippen LogP contribution in [0, 0.1) is 0 Å². The molecule has 0 unspecified atom stereocenters. The first-order valence-corrected chi connectivity index (χ1v) is 9.37. The highest BCUT2D eigenvalue weighted by molar-refractivity contribution is 8.26. The van der Waals surface area contributed by atoms with Crippen molar-refractivity contribution in [2.45, 2.75) is 0 Å². The van der Waals surface area contributed by atoms with Crippen molar-refractivity contribution in [1.82, 2.24) is 4.90 Å². The maximum Gasteiger partial charge on any atom is 0.266 e. The van der Waals surface area contributed by atoms with Crippen LogP contribution in [0.2, 0.25) is 15.1 Å². The second kappa shape index (κ2) is 7.56. The van der Waals surface area contributed by atoms with E-state index in [1.807, 2.05) is 0 Å². The van der Waals surface area contributed by atoms with Crippen molar-refractivity contribution in [3.63, 3.8) is 0 Å². The average molecular weight is 431 g/mol. The summed E-state index contributed by atoms with van der Waals surface area (Å²) in [5.41, 5.74) is 0.620. The van der Waals surface area contributed by atoms with E-state index in [1.54, 1.807) is 36.4 Å². The highest BCUT2D eigenvalue weighted by Crippen LogP contribution is 2.37. The normalized spacial score (nSPS) is 16.1. The molecular formula is C17H10Cl3NO2S2. The Bertz CT molecular complexity index is 921. The summed E-state index contributed by atoms with van der Waals surface area (Å²) < 4.78 is 6.27. The molecular weight excluding hydrogens is 421 g/mol. The van der Waals surface area contributed by atoms with Crippen molar-refractivity contribution in [1.29, 1.82) is 0 Å². The topological polar surface area (TPSA) is 33.5 Å². The lowest BCUT2D eigenvalue weighted by atomic mass is 10.2. The third kappa shape index (κ3) is 3.81. The van der Waals surface area contributed by atoms with Crippen LogP contribution in [0.25, 0.3) is 17.4 Å². The van der Waals surface area contributed by atoms with E-state index in [0.717, 1.165) is 0 Å². The zero-order chi connectivity index (χ0) is 18.1. The van der Waals surface area contributed by atoms with Gasteiger partial charge in [0.2, 0.25) is 0 Å². The van der Waals surface area contributed by atoms with E-state index in [1.165, 1.54) is 16.7 Å². The number of furan rings is 1. The van der Waals surface area contributed by atoms with Gasteiger partial charge in [0.15, 0.2) is 0 Å². The lowest BCUT2D eigenvalue weighted by molar-refractivity contribution is -0.121. The van der Waals surface area contributed by atoms with Crippen LogP contribution in [-0.4, -0.2) is 21.7 Å². The molecule has 1 aliphatic rings. The Morgan fingerprint density at radius 3 is 2.64 bits per heavy atom. The quantitative estimate of drug-likeness (QED) is 0.247. The zero-order valence-electron chi connectivity index (χ0n) is 12.6. The molecule has 1 aromatic carbocycles. The summed E-state index contributed by atoms with van der Waals surface area (Å²) in [4.78, 5) is 14.3. The number of carbonyl (C=O) groups excluding carboxylic acids is 1. The van der Waals surface area contributed by atoms with Crippen LogP contribution in [0.15, 0.2) is 46.2 Å². The Morgan fingerprint density at radius 1 is 1.20 bits per heavy atom. The van der Waals surface area contributed by atoms with Gasteiger partial charge >= 0.3 is 0 Å². The summed E-state index contributed by atoms with van der Waals surface area (Å²) in [6.07, 6.45) is 3.28. The second-order valence-electron chi connectivity index (χ2n) is 5.03. The van der Waals surface area contributed by atoms with Crippen molar-refractivity contribution in [2.75, 3.05) is 6.54 Å². The molecule has 0 radical (unpaired) electrons. The summed E-state index contributed by atoms with van der Waals surface area (Å²) >= 11 is 24.6. The van der Waals surface area contributed by atoms with Crippen LogP contribution < -0.4 is 0 Å². The van der Waals surface area contributed by atoms with Gasteiger partial charge in [-0.05, 0) is 24.3 Å². The zero-order valence-corrected chi connectivity index (χ0v) is 16.5. The van der Waals surface area contributed by atoms with Crippen molar-refractivity contribution in [3.8, 4) is 11.3 Å². The Labute approximate surface area is 169 Å². The summed E-state index contributed by atoms with van der Waals surface area (Å²) in [7, 11) is 0. The molecule has 3 nitrogen and oxygen atoms in total. The number of thioether (sulfide) groups is 1. The highest BCUT2D eigenvalue weighted by Gasteiger charge is 2.31. The van der Waals surface area contributed by atoms with Crippen LogP contribution in [0.5, 0.6) is 0 Å². The first-order chi connectivity index (χ1) is 11.9. The van der Waals surface area contributed by atoms with E-state index in [2.05, 4.69) is 6.58 Å². The minimum Gasteiger partial charge on any atom is -0.457 e. The summed E-state index contributed by atoms with van der Waals surface area (Å²) in [6.45, 7) is 4.01. The van der Waals surface area contributed by atoms with Crippen LogP contribution in [0.3, 0.4) is 0 Å². The molecule has 8 heteroatoms. The van der Waals surface area contributed by atoms with Crippen LogP contribution >= 0.6 is 58.8 Å². The second-order valence-corrected chi connectivity index (χ2v) is 7.93. The Morgan fingerprint density at radius 2 is 1.92 bits per heavy atom. The molecule has 1 aliphatic heterocycles. The van der Waals surface area contributed by atoms with Gasteiger partial charge in [0.1, 0.15) is 15.8 Å². The molecule has 128 valence electrons. The molecule has 0 aliphatic carbocycles. The first-order valence-electron chi connectivity index (χ1n) is 7.01. The van der Waals surface area contributed by atoms with E-state index in [0.29, 0.717) is 47.9 Å². The maximum absolute atomic E-state index is 12.3. The van der Waals surface area contributed by atoms with Gasteiger partial charge in [-0.15, -0.1) is 6.58 Å². The van der Waals surface area contributed by atoms with Crippen LogP contribution in [0.4, 0.5) is 0 Å². The van der Waals surface area contributed by atoms with Crippen molar-refractivity contribution >= 4 is 75.1 Å². The van der Waals surface area contributed by atoms with E-state index in [9.17, 15) is 4.79 Å². The number of thiocarbonyl (C=S) groups is 1. The van der Waals surface area contributed by atoms with Gasteiger partial charge < -0.3 is 4.42 Å². The predicted octanol–water partition coefficient (Wildman–Crippen LogP) is 6.29. The fraction of sp³-hybridized carbons (Fsp3) is 0.0588. The van der Waals surface area contributed by atoms with E-state index in [4.69, 9.17) is 51.4 Å². The SMILES string of the molecule is C=CCN1C(=O)/C(=C\c2ccc(-c3cc(Cl)c(Cl)cc3Cl)o2)SC1=S. The molecule has 2 heterocycles. The number of halogens is 3. The fourth-order valence-electron chi connectivity index (χ4n) is 2.20. The number of nitrogens with zero attached hydrogens (tertiary/aromatic N) is 1. The Hall–Kier alpha value is -1.24. The largest absolute Gasteiger partial charge is 0.457 e. The molecule has 0 spiro atoms. The van der Waals surface area contributed by atoms with Crippen LogP contribution in [-0.2, 0) is 4.79 Å². The van der Waals surface area contributed by atoms with Crippen LogP contribution in [0.1, 0.15) is 5.76 Å². The molecule has 0 bridgehead atoms. The lowest BCUT2D eigenvalue weighted by Gasteiger charge is -2.10. The molecule has 2 aromatic rings. The van der Waals surface area contributed by atoms with E-state index < -0.39 is 0 Å². The number of carbonyl (C=O) groups is 1. The summed E-state index contributed by atoms with van der Waals surface area (Å²) in [6, 6.07) is 6.69. The number of rotatable bonds is 4. The minimum absolute atomic E-state index is 0.166. The highest BCUT2D eigenvalue weighted by atomic mass is 35.5. The molecule has 0 N–H and O–H groups in total. The molecule has 1 aromatic heterocycles. The van der Waals surface area contributed by atoms with Crippen molar-refractivity contribution in [3.05, 3.63) is 62.7 Å². The molecule has 0 atom stereocenters. The minimum atomic E-state index is -0.166. The third-order valence-electron chi connectivity index (χ3n) is 3.36. The first kappa shape index (κ1) is 18.5. The number of hydrogen-bond acceptors (Lipinski definition) is 4. The fourth-order valence-corrected chi connectivity index (χ4v) is 4.10. The van der Waals surface area contributed by atoms with Gasteiger partial charge in [-0.1, -0.05) is 64.9 Å². The van der Waals surface area contributed by atoms with Gasteiger partial charge in [0, 0.05) is 18.2 Å². The van der Waals surface area contributed by atoms with Gasteiger partial charge in [0.25, 0.3) is 5.91 Å². The maximum atomic E-state index is 12.3. The molecule has 3 rings (SSSR count). The summed E-state index contributed by atoms with van der Waals surface area (Å²) in [5, 5.41) is 1.17. The predicted molar refractivity (Wildman–Crippen MR) is 109 cm³/mol. The molecule has 0 saturated carbocycles. The van der Waals surface area contributed by atoms with Gasteiger partial charge in [0.05, 0.1) is 20.0 Å². The van der Waals surface area contributed by atoms with Crippen molar-refractivity contribution < 1.29 is 9.21 Å².